The molecule has 1 N–H and O–H groups in total. The van der Waals surface area contributed by atoms with Gasteiger partial charge in [-0.2, -0.15) is 0 Å². The van der Waals surface area contributed by atoms with Gasteiger partial charge in [0.05, 0.1) is 12.7 Å². The van der Waals surface area contributed by atoms with Gasteiger partial charge in [-0.1, -0.05) is 34.1 Å². The molecule has 8 fully saturated rings. The van der Waals surface area contributed by atoms with Crippen molar-refractivity contribution >= 4 is 11.8 Å². The summed E-state index contributed by atoms with van der Waals surface area (Å²) in [4.78, 5) is 30.9. The van der Waals surface area contributed by atoms with E-state index in [9.17, 15) is 9.59 Å². The molecule has 1 unspecified atom stereocenters. The van der Waals surface area contributed by atoms with E-state index in [4.69, 9.17) is 9.47 Å². The van der Waals surface area contributed by atoms with E-state index in [0.29, 0.717) is 46.6 Å². The molecule has 7 nitrogen and oxygen atoms in total. The SMILES string of the molecule is C[C@@H]1CC[C@@]2(OC1)O[C@H]1C[C@H]3[C@@H]4CC[C@@H]5CC(NC(=O)CC(=O)N6CCC(N7CCCCC7)CC6)CC[C@]5(C)[C@H]4CC[C@]3(C)[C@H]1[C@@H]2C. The van der Waals surface area contributed by atoms with Gasteiger partial charge in [-0.3, -0.25) is 9.59 Å². The number of amides is 2. The van der Waals surface area contributed by atoms with E-state index in [2.05, 4.69) is 37.9 Å². The van der Waals surface area contributed by atoms with E-state index in [-0.39, 0.29) is 30.1 Å². The fourth-order valence-electron chi connectivity index (χ4n) is 13.7. The van der Waals surface area contributed by atoms with Crippen molar-refractivity contribution in [1.29, 1.82) is 0 Å². The number of ether oxygens (including phenoxy) is 2. The minimum atomic E-state index is -0.326. The van der Waals surface area contributed by atoms with E-state index >= 15 is 0 Å². The van der Waals surface area contributed by atoms with Crippen molar-refractivity contribution in [2.75, 3.05) is 32.8 Å². The average molecular weight is 652 g/mol. The number of nitrogens with one attached hydrogen (secondary N) is 1. The number of nitrogens with zero attached hydrogens (tertiary/aromatic N) is 2. The van der Waals surface area contributed by atoms with Crippen molar-refractivity contribution in [1.82, 2.24) is 15.1 Å². The molecule has 47 heavy (non-hydrogen) atoms. The number of likely N-dealkylation sites (tertiary alicyclic amines) is 2. The van der Waals surface area contributed by atoms with E-state index in [0.717, 1.165) is 69.6 Å². The summed E-state index contributed by atoms with van der Waals surface area (Å²) in [6, 6.07) is 0.841. The maximum Gasteiger partial charge on any atom is 0.232 e. The number of carbonyl (C=O) groups excluding carboxylic acids is 2. The van der Waals surface area contributed by atoms with Crippen LogP contribution in [0.3, 0.4) is 0 Å². The predicted molar refractivity (Wildman–Crippen MR) is 183 cm³/mol. The highest BCUT2D eigenvalue weighted by atomic mass is 16.7. The highest BCUT2D eigenvalue weighted by molar-refractivity contribution is 5.97. The van der Waals surface area contributed by atoms with E-state index in [1.54, 1.807) is 0 Å². The molecule has 8 aliphatic rings. The molecule has 0 bridgehead atoms. The number of carbonyl (C=O) groups is 2. The standard InChI is InChI=1S/C40H65N3O4/c1-26-10-17-40(46-25-26)27(2)37-34(47-40)23-33-31-9-8-28-22-29(11-15-38(28,3)32(31)12-16-39(33,37)4)41-35(44)24-36(45)43-20-13-30(14-21-43)42-18-6-5-7-19-42/h26-34,37H,5-25H2,1-4H3,(H,41,44)/t26-,27+,28-,29?,31-,32+,33+,34+,37+,38+,39+,40-/m1/s1. The van der Waals surface area contributed by atoms with Gasteiger partial charge in [0.15, 0.2) is 5.79 Å². The fraction of sp³-hybridized carbons (Fsp3) is 0.950. The summed E-state index contributed by atoms with van der Waals surface area (Å²) in [7, 11) is 0. The lowest BCUT2D eigenvalue weighted by molar-refractivity contribution is -0.273. The van der Waals surface area contributed by atoms with Crippen molar-refractivity contribution in [3.05, 3.63) is 0 Å². The quantitative estimate of drug-likeness (QED) is 0.339. The Balaban J connectivity index is 0.841. The summed E-state index contributed by atoms with van der Waals surface area (Å²) in [6.45, 7) is 14.9. The Kier molecular flexibility index (Phi) is 8.81. The van der Waals surface area contributed by atoms with Crippen LogP contribution in [0.4, 0.5) is 0 Å². The van der Waals surface area contributed by atoms with Gasteiger partial charge in [0.25, 0.3) is 0 Å². The van der Waals surface area contributed by atoms with Gasteiger partial charge in [0.2, 0.25) is 11.8 Å². The van der Waals surface area contributed by atoms with Crippen LogP contribution in [0.1, 0.15) is 130 Å². The van der Waals surface area contributed by atoms with E-state index < -0.39 is 0 Å². The van der Waals surface area contributed by atoms with Gasteiger partial charge in [-0.05, 0) is 143 Å². The van der Waals surface area contributed by atoms with Crippen LogP contribution in [0.2, 0.25) is 0 Å². The minimum Gasteiger partial charge on any atom is -0.353 e. The van der Waals surface area contributed by atoms with Crippen LogP contribution in [0.25, 0.3) is 0 Å². The molecule has 4 saturated heterocycles. The van der Waals surface area contributed by atoms with Crippen LogP contribution in [0.5, 0.6) is 0 Å². The first kappa shape index (κ1) is 33.0. The molecule has 0 aromatic rings. The summed E-state index contributed by atoms with van der Waals surface area (Å²) < 4.78 is 13.5. The molecule has 2 amide bonds. The lowest BCUT2D eigenvalue weighted by atomic mass is 9.44. The average Bonchev–Trinajstić information content (AvgIpc) is 3.52. The van der Waals surface area contributed by atoms with Crippen LogP contribution in [-0.4, -0.2) is 78.4 Å². The van der Waals surface area contributed by atoms with Crippen molar-refractivity contribution < 1.29 is 19.1 Å². The first-order valence-electron chi connectivity index (χ1n) is 20.2. The highest BCUT2D eigenvalue weighted by Gasteiger charge is 2.69. The van der Waals surface area contributed by atoms with Gasteiger partial charge in [-0.15, -0.1) is 0 Å². The number of hydrogen-bond acceptors (Lipinski definition) is 5. The van der Waals surface area contributed by atoms with Crippen LogP contribution in [-0.2, 0) is 19.1 Å². The molecule has 4 saturated carbocycles. The predicted octanol–water partition coefficient (Wildman–Crippen LogP) is 6.78. The molecular formula is C40H65N3O4. The Morgan fingerprint density at radius 2 is 1.57 bits per heavy atom. The Hall–Kier alpha value is -1.18. The normalized spacial score (nSPS) is 48.8. The lowest BCUT2D eigenvalue weighted by Gasteiger charge is -2.61. The third-order valence-corrected chi connectivity index (χ3v) is 16.3. The largest absolute Gasteiger partial charge is 0.353 e. The smallest absolute Gasteiger partial charge is 0.232 e. The molecule has 4 aliphatic heterocycles. The maximum absolute atomic E-state index is 13.2. The molecule has 8 rings (SSSR count). The second kappa shape index (κ2) is 12.5. The maximum atomic E-state index is 13.2. The summed E-state index contributed by atoms with van der Waals surface area (Å²) in [5, 5.41) is 3.35. The van der Waals surface area contributed by atoms with Gasteiger partial charge >= 0.3 is 0 Å². The molecule has 0 aromatic carbocycles. The Morgan fingerprint density at radius 3 is 2.32 bits per heavy atom. The van der Waals surface area contributed by atoms with Crippen molar-refractivity contribution in [2.24, 2.45) is 52.3 Å². The molecule has 0 radical (unpaired) electrons. The van der Waals surface area contributed by atoms with Gasteiger partial charge in [0.1, 0.15) is 6.42 Å². The minimum absolute atomic E-state index is 0.0198. The van der Waals surface area contributed by atoms with E-state index in [1.807, 2.05) is 4.90 Å². The summed E-state index contributed by atoms with van der Waals surface area (Å²) >= 11 is 0. The molecule has 12 atom stereocenters. The Bertz CT molecular complexity index is 1170. The topological polar surface area (TPSA) is 71.1 Å². The third kappa shape index (κ3) is 5.63. The molecule has 0 aromatic heterocycles. The monoisotopic (exact) mass is 651 g/mol. The molecular weight excluding hydrogens is 586 g/mol. The first-order chi connectivity index (χ1) is 22.6. The number of piperidine rings is 2. The number of fused-ring (bicyclic) bond motifs is 7. The highest BCUT2D eigenvalue weighted by Crippen LogP contribution is 2.71. The molecule has 7 heteroatoms. The summed E-state index contributed by atoms with van der Waals surface area (Å²) in [5.41, 5.74) is 0.735. The van der Waals surface area contributed by atoms with Crippen LogP contribution in [0, 0.1) is 52.3 Å². The molecule has 4 heterocycles. The zero-order valence-corrected chi connectivity index (χ0v) is 30.2. The van der Waals surface area contributed by atoms with Crippen LogP contribution >= 0.6 is 0 Å². The van der Waals surface area contributed by atoms with Crippen LogP contribution in [0.15, 0.2) is 0 Å². The number of hydrogen-bond donors (Lipinski definition) is 1. The van der Waals surface area contributed by atoms with Crippen molar-refractivity contribution in [3.8, 4) is 0 Å². The summed E-state index contributed by atoms with van der Waals surface area (Å²) in [5.74, 6) is 4.45. The molecule has 264 valence electrons. The first-order valence-corrected chi connectivity index (χ1v) is 20.2. The van der Waals surface area contributed by atoms with Crippen molar-refractivity contribution in [2.45, 2.75) is 154 Å². The van der Waals surface area contributed by atoms with Gasteiger partial charge < -0.3 is 24.6 Å². The van der Waals surface area contributed by atoms with E-state index in [1.165, 1.54) is 77.3 Å². The van der Waals surface area contributed by atoms with Gasteiger partial charge in [0, 0.05) is 37.5 Å². The second-order valence-electron chi connectivity index (χ2n) is 18.6. The fourth-order valence-corrected chi connectivity index (χ4v) is 13.7. The lowest BCUT2D eigenvalue weighted by Crippen LogP contribution is -2.56. The Labute approximate surface area is 285 Å². The van der Waals surface area contributed by atoms with Gasteiger partial charge in [-0.25, -0.2) is 0 Å². The van der Waals surface area contributed by atoms with Crippen molar-refractivity contribution in [3.63, 3.8) is 0 Å². The zero-order valence-electron chi connectivity index (χ0n) is 30.2. The van der Waals surface area contributed by atoms with Crippen LogP contribution < -0.4 is 5.32 Å². The third-order valence-electron chi connectivity index (χ3n) is 16.3. The summed E-state index contributed by atoms with van der Waals surface area (Å²) in [6.07, 6.45) is 18.7. The second-order valence-corrected chi connectivity index (χ2v) is 18.6. The number of rotatable bonds is 4. The molecule has 1 spiro atoms. The molecule has 4 aliphatic carbocycles. The Morgan fingerprint density at radius 1 is 0.809 bits per heavy atom. The zero-order chi connectivity index (χ0) is 32.6.